The lowest BCUT2D eigenvalue weighted by atomic mass is 10.0. The molecule has 0 spiro atoms. The molecule has 5 nitrogen and oxygen atoms in total. The van der Waals surface area contributed by atoms with E-state index in [9.17, 15) is 9.59 Å². The molecular weight excluding hydrogens is 376 g/mol. The minimum atomic E-state index is -0.366. The van der Waals surface area contributed by atoms with Gasteiger partial charge in [-0.15, -0.1) is 0 Å². The van der Waals surface area contributed by atoms with Gasteiger partial charge in [0, 0.05) is 18.8 Å². The molecule has 150 valence electrons. The van der Waals surface area contributed by atoms with Gasteiger partial charge in [0.1, 0.15) is 11.4 Å². The molecule has 3 aromatic carbocycles. The second-order valence-corrected chi connectivity index (χ2v) is 7.13. The summed E-state index contributed by atoms with van der Waals surface area (Å²) in [6.45, 7) is 1.99. The number of hydrogen-bond donors (Lipinski definition) is 0. The largest absolute Gasteiger partial charge is 0.497 e. The average Bonchev–Trinajstić information content (AvgIpc) is 3.04. The number of likely N-dealkylation sites (N-methyl/N-ethyl adjacent to an activating group) is 1. The summed E-state index contributed by atoms with van der Waals surface area (Å²) in [5, 5.41) is 0. The summed E-state index contributed by atoms with van der Waals surface area (Å²) in [6, 6.07) is 24.1. The number of aryl methyl sites for hydroxylation is 1. The van der Waals surface area contributed by atoms with E-state index in [0.29, 0.717) is 28.3 Å². The fraction of sp³-hybridized carbons (Fsp3) is 0.120. The minimum absolute atomic E-state index is 0.345. The summed E-state index contributed by atoms with van der Waals surface area (Å²) in [6.07, 6.45) is 0. The third kappa shape index (κ3) is 3.35. The van der Waals surface area contributed by atoms with E-state index in [1.54, 1.807) is 43.3 Å². The Bertz CT molecular complexity index is 1130. The fourth-order valence-corrected chi connectivity index (χ4v) is 3.57. The van der Waals surface area contributed by atoms with Crippen molar-refractivity contribution in [2.75, 3.05) is 24.0 Å². The number of ether oxygens (including phenoxy) is 1. The lowest BCUT2D eigenvalue weighted by Gasteiger charge is -2.21. The van der Waals surface area contributed by atoms with Crippen LogP contribution < -0.4 is 14.5 Å². The molecule has 0 radical (unpaired) electrons. The van der Waals surface area contributed by atoms with Gasteiger partial charge in [-0.05, 0) is 36.8 Å². The van der Waals surface area contributed by atoms with E-state index < -0.39 is 0 Å². The van der Waals surface area contributed by atoms with Crippen LogP contribution in [0.2, 0.25) is 0 Å². The van der Waals surface area contributed by atoms with Crippen molar-refractivity contribution >= 4 is 28.8 Å². The summed E-state index contributed by atoms with van der Waals surface area (Å²) in [7, 11) is 3.36. The lowest BCUT2D eigenvalue weighted by molar-refractivity contribution is -0.120. The number of para-hydroxylation sites is 1. The van der Waals surface area contributed by atoms with Gasteiger partial charge in [-0.25, -0.2) is 4.90 Å². The van der Waals surface area contributed by atoms with Crippen molar-refractivity contribution in [2.24, 2.45) is 0 Å². The van der Waals surface area contributed by atoms with Gasteiger partial charge in [0.15, 0.2) is 0 Å². The van der Waals surface area contributed by atoms with Crippen molar-refractivity contribution in [3.63, 3.8) is 0 Å². The first kappa shape index (κ1) is 19.5. The Kier molecular flexibility index (Phi) is 5.11. The van der Waals surface area contributed by atoms with Gasteiger partial charge >= 0.3 is 0 Å². The van der Waals surface area contributed by atoms with E-state index in [2.05, 4.69) is 0 Å². The van der Waals surface area contributed by atoms with Crippen molar-refractivity contribution in [3.05, 3.63) is 95.7 Å². The molecule has 1 heterocycles. The molecule has 30 heavy (non-hydrogen) atoms. The molecule has 0 fully saturated rings. The highest BCUT2D eigenvalue weighted by Crippen LogP contribution is 2.36. The Hall–Kier alpha value is -3.86. The fourth-order valence-electron chi connectivity index (χ4n) is 3.57. The monoisotopic (exact) mass is 398 g/mol. The van der Waals surface area contributed by atoms with Gasteiger partial charge in [0.2, 0.25) is 0 Å². The number of carbonyl (C=O) groups is 2. The number of benzene rings is 3. The average molecular weight is 398 g/mol. The minimum Gasteiger partial charge on any atom is -0.497 e. The zero-order valence-electron chi connectivity index (χ0n) is 17.1. The van der Waals surface area contributed by atoms with Crippen LogP contribution in [0.3, 0.4) is 0 Å². The second kappa shape index (κ2) is 7.87. The molecule has 0 atom stereocenters. The lowest BCUT2D eigenvalue weighted by Crippen LogP contribution is -2.34. The van der Waals surface area contributed by atoms with Gasteiger partial charge in [-0.2, -0.15) is 0 Å². The van der Waals surface area contributed by atoms with Crippen LogP contribution in [-0.2, 0) is 9.59 Å². The summed E-state index contributed by atoms with van der Waals surface area (Å²) in [5.74, 6) is -0.139. The van der Waals surface area contributed by atoms with Gasteiger partial charge in [0.05, 0.1) is 18.4 Å². The van der Waals surface area contributed by atoms with Crippen LogP contribution in [0.5, 0.6) is 5.75 Å². The van der Waals surface area contributed by atoms with Gasteiger partial charge in [-0.1, -0.05) is 54.1 Å². The van der Waals surface area contributed by atoms with Crippen molar-refractivity contribution in [1.29, 1.82) is 0 Å². The van der Waals surface area contributed by atoms with E-state index in [-0.39, 0.29) is 11.8 Å². The predicted molar refractivity (Wildman–Crippen MR) is 118 cm³/mol. The number of rotatable bonds is 5. The molecule has 0 saturated carbocycles. The molecular formula is C25H22N2O3. The van der Waals surface area contributed by atoms with Crippen molar-refractivity contribution in [1.82, 2.24) is 0 Å². The Morgan fingerprint density at radius 1 is 0.833 bits per heavy atom. The van der Waals surface area contributed by atoms with Crippen LogP contribution in [0, 0.1) is 6.92 Å². The number of nitrogens with zero attached hydrogens (tertiary/aromatic N) is 2. The first-order valence-electron chi connectivity index (χ1n) is 9.64. The molecule has 1 aliphatic rings. The maximum absolute atomic E-state index is 13.5. The van der Waals surface area contributed by atoms with Crippen LogP contribution in [0.4, 0.5) is 11.4 Å². The molecule has 5 heteroatoms. The summed E-state index contributed by atoms with van der Waals surface area (Å²) >= 11 is 0. The standard InChI is InChI=1S/C25H22N2O3/c1-17-12-14-18(15-13-17)22-23(26(2)19-8-5-4-6-9-19)25(29)27(24(22)28)20-10-7-11-21(16-20)30-3/h4-16H,1-3H3. The quantitative estimate of drug-likeness (QED) is 0.597. The third-order valence-electron chi connectivity index (χ3n) is 5.19. The number of hydrogen-bond acceptors (Lipinski definition) is 4. The van der Waals surface area contributed by atoms with Gasteiger partial charge in [0.25, 0.3) is 11.8 Å². The van der Waals surface area contributed by atoms with Crippen LogP contribution in [-0.4, -0.2) is 26.0 Å². The number of carbonyl (C=O) groups excluding carboxylic acids is 2. The zero-order valence-corrected chi connectivity index (χ0v) is 17.1. The first-order valence-corrected chi connectivity index (χ1v) is 9.64. The Balaban J connectivity index is 1.87. The molecule has 0 unspecified atom stereocenters. The molecule has 3 aromatic rings. The summed E-state index contributed by atoms with van der Waals surface area (Å²) < 4.78 is 5.28. The van der Waals surface area contributed by atoms with Crippen LogP contribution in [0.1, 0.15) is 11.1 Å². The Morgan fingerprint density at radius 3 is 2.20 bits per heavy atom. The topological polar surface area (TPSA) is 49.9 Å². The number of imide groups is 1. The SMILES string of the molecule is COc1cccc(N2C(=O)C(c3ccc(C)cc3)=C(N(C)c3ccccc3)C2=O)c1. The van der Waals surface area contributed by atoms with E-state index in [1.807, 2.05) is 61.5 Å². The highest BCUT2D eigenvalue weighted by Gasteiger charge is 2.42. The van der Waals surface area contributed by atoms with E-state index >= 15 is 0 Å². The second-order valence-electron chi connectivity index (χ2n) is 7.13. The van der Waals surface area contributed by atoms with E-state index in [1.165, 1.54) is 4.90 Å². The Morgan fingerprint density at radius 2 is 1.53 bits per heavy atom. The Labute approximate surface area is 175 Å². The smallest absolute Gasteiger partial charge is 0.282 e. The third-order valence-corrected chi connectivity index (χ3v) is 5.19. The highest BCUT2D eigenvalue weighted by atomic mass is 16.5. The number of anilines is 2. The maximum Gasteiger partial charge on any atom is 0.282 e. The van der Waals surface area contributed by atoms with Gasteiger partial charge < -0.3 is 9.64 Å². The van der Waals surface area contributed by atoms with Crippen LogP contribution in [0.25, 0.3) is 5.57 Å². The van der Waals surface area contributed by atoms with Crippen LogP contribution in [0.15, 0.2) is 84.6 Å². The summed E-state index contributed by atoms with van der Waals surface area (Å²) in [4.78, 5) is 30.1. The number of amides is 2. The van der Waals surface area contributed by atoms with Crippen molar-refractivity contribution in [2.45, 2.75) is 6.92 Å². The number of methoxy groups -OCH3 is 1. The van der Waals surface area contributed by atoms with E-state index in [0.717, 1.165) is 11.3 Å². The molecule has 4 rings (SSSR count). The van der Waals surface area contributed by atoms with Crippen molar-refractivity contribution < 1.29 is 14.3 Å². The first-order chi connectivity index (χ1) is 14.5. The molecule has 2 amide bonds. The molecule has 0 N–H and O–H groups in total. The summed E-state index contributed by atoms with van der Waals surface area (Å²) in [5.41, 5.74) is 3.82. The highest BCUT2D eigenvalue weighted by molar-refractivity contribution is 6.46. The van der Waals surface area contributed by atoms with Crippen molar-refractivity contribution in [3.8, 4) is 5.75 Å². The molecule has 1 aliphatic heterocycles. The van der Waals surface area contributed by atoms with Crippen LogP contribution >= 0.6 is 0 Å². The normalized spacial score (nSPS) is 13.8. The molecule has 0 saturated heterocycles. The molecule has 0 aromatic heterocycles. The van der Waals surface area contributed by atoms with Gasteiger partial charge in [-0.3, -0.25) is 9.59 Å². The van der Waals surface area contributed by atoms with E-state index in [4.69, 9.17) is 4.74 Å². The molecule has 0 bridgehead atoms. The predicted octanol–water partition coefficient (Wildman–Crippen LogP) is 4.42. The zero-order chi connectivity index (χ0) is 21.3. The molecule has 0 aliphatic carbocycles. The maximum atomic E-state index is 13.5.